The number of piperidine rings is 1. The summed E-state index contributed by atoms with van der Waals surface area (Å²) < 4.78 is 40.7. The van der Waals surface area contributed by atoms with Crippen LogP contribution in [-0.4, -0.2) is 44.8 Å². The van der Waals surface area contributed by atoms with Crippen molar-refractivity contribution in [2.45, 2.75) is 19.0 Å². The van der Waals surface area contributed by atoms with Gasteiger partial charge >= 0.3 is 6.18 Å². The molecule has 0 radical (unpaired) electrons. The summed E-state index contributed by atoms with van der Waals surface area (Å²) in [5.41, 5.74) is 0.497. The zero-order chi connectivity index (χ0) is 19.7. The van der Waals surface area contributed by atoms with Gasteiger partial charge < -0.3 is 10.2 Å². The van der Waals surface area contributed by atoms with Crippen LogP contribution in [0.15, 0.2) is 42.9 Å². The average molecular weight is 390 g/mol. The molecule has 0 aliphatic carbocycles. The first-order valence-electron chi connectivity index (χ1n) is 8.80. The summed E-state index contributed by atoms with van der Waals surface area (Å²) in [4.78, 5) is 22.6. The van der Waals surface area contributed by atoms with E-state index in [9.17, 15) is 18.0 Å². The number of carbonyl (C=O) groups excluding carboxylic acids is 1. The second-order valence-corrected chi connectivity index (χ2v) is 6.61. The Balaban J connectivity index is 1.60. The molecule has 1 amide bonds. The summed E-state index contributed by atoms with van der Waals surface area (Å²) in [6.45, 7) is 0.343. The van der Waals surface area contributed by atoms with Crippen molar-refractivity contribution in [1.29, 1.82) is 0 Å². The Morgan fingerprint density at radius 2 is 2.11 bits per heavy atom. The zero-order valence-corrected chi connectivity index (χ0v) is 14.7. The summed E-state index contributed by atoms with van der Waals surface area (Å²) in [6, 6.07) is 6.72. The van der Waals surface area contributed by atoms with Crippen molar-refractivity contribution in [3.8, 4) is 0 Å². The lowest BCUT2D eigenvalue weighted by atomic mass is 9.97. The summed E-state index contributed by atoms with van der Waals surface area (Å²) in [7, 11) is 0. The van der Waals surface area contributed by atoms with E-state index in [4.69, 9.17) is 0 Å². The molecule has 0 saturated carbocycles. The number of nitrogens with zero attached hydrogens (tertiary/aromatic N) is 5. The van der Waals surface area contributed by atoms with Crippen molar-refractivity contribution >= 4 is 23.2 Å². The molecule has 1 fully saturated rings. The first-order chi connectivity index (χ1) is 13.4. The van der Waals surface area contributed by atoms with Gasteiger partial charge in [0.2, 0.25) is 0 Å². The lowest BCUT2D eigenvalue weighted by molar-refractivity contribution is -0.176. The van der Waals surface area contributed by atoms with Gasteiger partial charge in [-0.2, -0.15) is 18.3 Å². The summed E-state index contributed by atoms with van der Waals surface area (Å²) in [6.07, 6.45) is 0.837. The second-order valence-electron chi connectivity index (χ2n) is 6.61. The van der Waals surface area contributed by atoms with Gasteiger partial charge in [-0.15, -0.1) is 0 Å². The Morgan fingerprint density at radius 1 is 1.25 bits per heavy atom. The number of anilines is 2. The molecule has 4 heterocycles. The summed E-state index contributed by atoms with van der Waals surface area (Å²) in [5, 5.41) is 6.75. The third-order valence-corrected chi connectivity index (χ3v) is 4.71. The number of carbonyl (C=O) groups is 1. The van der Waals surface area contributed by atoms with Crippen LogP contribution < -0.4 is 10.2 Å². The molecule has 7 nitrogen and oxygen atoms in total. The topological polar surface area (TPSA) is 75.4 Å². The molecule has 3 aromatic heterocycles. The quantitative estimate of drug-likeness (QED) is 0.744. The van der Waals surface area contributed by atoms with E-state index in [2.05, 4.69) is 20.4 Å². The van der Waals surface area contributed by atoms with E-state index < -0.39 is 18.0 Å². The van der Waals surface area contributed by atoms with Crippen LogP contribution in [-0.2, 0) is 0 Å². The molecule has 1 saturated heterocycles. The number of hydrogen-bond donors (Lipinski definition) is 1. The second kappa shape index (κ2) is 7.10. The van der Waals surface area contributed by atoms with Gasteiger partial charge in [0, 0.05) is 25.5 Å². The van der Waals surface area contributed by atoms with Crippen molar-refractivity contribution in [1.82, 2.24) is 19.6 Å². The third-order valence-electron chi connectivity index (χ3n) is 4.71. The highest BCUT2D eigenvalue weighted by Gasteiger charge is 2.42. The average Bonchev–Trinajstić information content (AvgIpc) is 3.11. The molecule has 1 aliphatic rings. The number of fused-ring (bicyclic) bond motifs is 1. The molecule has 1 N–H and O–H groups in total. The van der Waals surface area contributed by atoms with E-state index in [0.29, 0.717) is 24.6 Å². The number of hydrogen-bond acceptors (Lipinski definition) is 5. The minimum atomic E-state index is -4.23. The fourth-order valence-electron chi connectivity index (χ4n) is 3.27. The predicted molar refractivity (Wildman–Crippen MR) is 96.2 cm³/mol. The first-order valence-corrected chi connectivity index (χ1v) is 8.80. The highest BCUT2D eigenvalue weighted by molar-refractivity contribution is 6.07. The van der Waals surface area contributed by atoms with Gasteiger partial charge in [0.15, 0.2) is 5.65 Å². The largest absolute Gasteiger partial charge is 0.393 e. The predicted octanol–water partition coefficient (Wildman–Crippen LogP) is 3.16. The number of amides is 1. The van der Waals surface area contributed by atoms with Gasteiger partial charge in [-0.3, -0.25) is 4.79 Å². The van der Waals surface area contributed by atoms with E-state index in [1.54, 1.807) is 41.6 Å². The monoisotopic (exact) mass is 390 g/mol. The van der Waals surface area contributed by atoms with Gasteiger partial charge in [-0.05, 0) is 31.0 Å². The number of pyridine rings is 1. The standard InChI is InChI=1S/C18H17F3N6O/c19-18(20,21)12-4-3-8-26(11-12)15-6-9-27-16(25-15)13(10-23-27)17(28)24-14-5-1-2-7-22-14/h1-2,5-7,9-10,12H,3-4,8,11H2,(H,22,24,28). The van der Waals surface area contributed by atoms with E-state index >= 15 is 0 Å². The number of nitrogens with one attached hydrogen (secondary N) is 1. The van der Waals surface area contributed by atoms with Crippen molar-refractivity contribution in [3.05, 3.63) is 48.4 Å². The summed E-state index contributed by atoms with van der Waals surface area (Å²) in [5.74, 6) is -1.04. The molecule has 0 aromatic carbocycles. The van der Waals surface area contributed by atoms with Crippen molar-refractivity contribution in [2.24, 2.45) is 5.92 Å². The molecule has 0 spiro atoms. The molecule has 1 atom stereocenters. The van der Waals surface area contributed by atoms with Crippen LogP contribution in [0.25, 0.3) is 5.65 Å². The third kappa shape index (κ3) is 3.62. The number of aromatic nitrogens is 4. The lowest BCUT2D eigenvalue weighted by Gasteiger charge is -2.34. The molecular weight excluding hydrogens is 373 g/mol. The summed E-state index contributed by atoms with van der Waals surface area (Å²) >= 11 is 0. The lowest BCUT2D eigenvalue weighted by Crippen LogP contribution is -2.42. The minimum Gasteiger partial charge on any atom is -0.356 e. The number of alkyl halides is 3. The normalized spacial score (nSPS) is 17.7. The maximum absolute atomic E-state index is 13.1. The zero-order valence-electron chi connectivity index (χ0n) is 14.7. The molecule has 10 heteroatoms. The van der Waals surface area contributed by atoms with Crippen LogP contribution in [0.1, 0.15) is 23.2 Å². The molecule has 1 aliphatic heterocycles. The number of rotatable bonds is 3. The highest BCUT2D eigenvalue weighted by Crippen LogP contribution is 2.34. The molecule has 3 aromatic rings. The van der Waals surface area contributed by atoms with Crippen LogP contribution in [0, 0.1) is 5.92 Å². The minimum absolute atomic E-state index is 0.118. The van der Waals surface area contributed by atoms with Gasteiger partial charge in [0.05, 0.1) is 12.1 Å². The van der Waals surface area contributed by atoms with E-state index in [0.717, 1.165) is 0 Å². The highest BCUT2D eigenvalue weighted by atomic mass is 19.4. The van der Waals surface area contributed by atoms with Crippen LogP contribution in [0.5, 0.6) is 0 Å². The van der Waals surface area contributed by atoms with Crippen LogP contribution in [0.4, 0.5) is 24.8 Å². The Bertz CT molecular complexity index is 988. The Morgan fingerprint density at radius 3 is 2.86 bits per heavy atom. The van der Waals surface area contributed by atoms with E-state index in [1.165, 1.54) is 10.7 Å². The van der Waals surface area contributed by atoms with Gasteiger partial charge in [0.1, 0.15) is 17.2 Å². The van der Waals surface area contributed by atoms with Gasteiger partial charge in [-0.25, -0.2) is 14.5 Å². The van der Waals surface area contributed by atoms with Crippen molar-refractivity contribution in [3.63, 3.8) is 0 Å². The Hall–Kier alpha value is -3.17. The molecule has 4 rings (SSSR count). The molecule has 0 bridgehead atoms. The Labute approximate surface area is 158 Å². The molecular formula is C18H17F3N6O. The van der Waals surface area contributed by atoms with E-state index in [1.807, 2.05) is 0 Å². The van der Waals surface area contributed by atoms with Gasteiger partial charge in [-0.1, -0.05) is 6.07 Å². The van der Waals surface area contributed by atoms with Crippen molar-refractivity contribution in [2.75, 3.05) is 23.3 Å². The van der Waals surface area contributed by atoms with E-state index in [-0.39, 0.29) is 24.2 Å². The smallest absolute Gasteiger partial charge is 0.356 e. The molecule has 1 unspecified atom stereocenters. The fraction of sp³-hybridized carbons (Fsp3) is 0.333. The Kier molecular flexibility index (Phi) is 4.62. The van der Waals surface area contributed by atoms with Gasteiger partial charge in [0.25, 0.3) is 5.91 Å². The number of halogens is 3. The fourth-order valence-corrected chi connectivity index (χ4v) is 3.27. The maximum Gasteiger partial charge on any atom is 0.393 e. The van der Waals surface area contributed by atoms with Crippen LogP contribution >= 0.6 is 0 Å². The SMILES string of the molecule is O=C(Nc1ccccn1)c1cnn2ccc(N3CCCC(C(F)(F)F)C3)nc12. The molecule has 146 valence electrons. The van der Waals surface area contributed by atoms with Crippen LogP contribution in [0.2, 0.25) is 0 Å². The van der Waals surface area contributed by atoms with Crippen LogP contribution in [0.3, 0.4) is 0 Å². The maximum atomic E-state index is 13.1. The van der Waals surface area contributed by atoms with Crippen molar-refractivity contribution < 1.29 is 18.0 Å². The molecule has 28 heavy (non-hydrogen) atoms. The first kappa shape index (κ1) is 18.2.